The molecule has 17 heavy (non-hydrogen) atoms. The fraction of sp³-hybridized carbons (Fsp3) is 0.308. The Hall–Kier alpha value is -1.97. The number of esters is 1. The summed E-state index contributed by atoms with van der Waals surface area (Å²) in [4.78, 5) is 14.8. The molecule has 1 atom stereocenters. The van der Waals surface area contributed by atoms with E-state index in [0.29, 0.717) is 6.61 Å². The van der Waals surface area contributed by atoms with Crippen molar-refractivity contribution in [2.75, 3.05) is 13.7 Å². The summed E-state index contributed by atoms with van der Waals surface area (Å²) >= 11 is 0. The molecule has 1 aromatic carbocycles. The molecule has 1 aliphatic rings. The zero-order valence-corrected chi connectivity index (χ0v) is 9.53. The van der Waals surface area contributed by atoms with Crippen molar-refractivity contribution in [3.05, 3.63) is 30.0 Å². The largest absolute Gasteiger partial charge is 0.497 e. The number of carbonyl (C=O) groups excluding carboxylic acids is 1. The fourth-order valence-electron chi connectivity index (χ4n) is 2.31. The quantitative estimate of drug-likeness (QED) is 0.806. The topological polar surface area (TPSA) is 51.3 Å². The molecule has 1 aromatic heterocycles. The molecule has 1 saturated heterocycles. The molecular formula is C13H13NO3. The lowest BCUT2D eigenvalue weighted by Crippen LogP contribution is -2.04. The van der Waals surface area contributed by atoms with Crippen LogP contribution in [-0.4, -0.2) is 24.7 Å². The van der Waals surface area contributed by atoms with Crippen LogP contribution in [0.3, 0.4) is 0 Å². The average molecular weight is 231 g/mol. The van der Waals surface area contributed by atoms with E-state index < -0.39 is 0 Å². The molecule has 0 saturated carbocycles. The molecule has 0 aliphatic carbocycles. The summed E-state index contributed by atoms with van der Waals surface area (Å²) in [5.41, 5.74) is 2.02. The van der Waals surface area contributed by atoms with Crippen molar-refractivity contribution in [2.24, 2.45) is 0 Å². The standard InChI is InChI=1S/C13H13NO3/c1-16-8-2-3-12-10(6-8)11(7-14-12)9-4-5-17-13(9)15/h2-3,6-7,9,14H,4-5H2,1H3/t9-/m1/s1. The summed E-state index contributed by atoms with van der Waals surface area (Å²) in [6.45, 7) is 0.514. The van der Waals surface area contributed by atoms with Crippen molar-refractivity contribution >= 4 is 16.9 Å². The number of aromatic amines is 1. The van der Waals surface area contributed by atoms with E-state index in [2.05, 4.69) is 4.98 Å². The lowest BCUT2D eigenvalue weighted by Gasteiger charge is -2.05. The Kier molecular flexibility index (Phi) is 2.28. The van der Waals surface area contributed by atoms with Crippen LogP contribution in [0.15, 0.2) is 24.4 Å². The van der Waals surface area contributed by atoms with Gasteiger partial charge in [0, 0.05) is 17.1 Å². The minimum atomic E-state index is -0.143. The van der Waals surface area contributed by atoms with Crippen LogP contribution in [0, 0.1) is 0 Å². The molecule has 1 N–H and O–H groups in total. The highest BCUT2D eigenvalue weighted by Gasteiger charge is 2.30. The van der Waals surface area contributed by atoms with Gasteiger partial charge in [0.2, 0.25) is 0 Å². The zero-order valence-electron chi connectivity index (χ0n) is 9.53. The number of benzene rings is 1. The van der Waals surface area contributed by atoms with E-state index >= 15 is 0 Å². The van der Waals surface area contributed by atoms with Crippen LogP contribution in [-0.2, 0) is 9.53 Å². The number of aromatic nitrogens is 1. The average Bonchev–Trinajstić information content (AvgIpc) is 2.94. The Labute approximate surface area is 98.5 Å². The van der Waals surface area contributed by atoms with Crippen molar-refractivity contribution in [1.82, 2.24) is 4.98 Å². The summed E-state index contributed by atoms with van der Waals surface area (Å²) in [5.74, 6) is 0.522. The second-order valence-electron chi connectivity index (χ2n) is 4.16. The highest BCUT2D eigenvalue weighted by atomic mass is 16.5. The Balaban J connectivity index is 2.12. The van der Waals surface area contributed by atoms with Gasteiger partial charge in [-0.05, 0) is 30.2 Å². The Morgan fingerprint density at radius 1 is 1.47 bits per heavy atom. The summed E-state index contributed by atoms with van der Waals surface area (Å²) in [7, 11) is 1.64. The van der Waals surface area contributed by atoms with E-state index in [1.165, 1.54) is 0 Å². The lowest BCUT2D eigenvalue weighted by atomic mass is 9.97. The van der Waals surface area contributed by atoms with Crippen LogP contribution in [0.2, 0.25) is 0 Å². The molecular weight excluding hydrogens is 218 g/mol. The van der Waals surface area contributed by atoms with Crippen LogP contribution in [0.25, 0.3) is 10.9 Å². The number of nitrogens with one attached hydrogen (secondary N) is 1. The third-order valence-corrected chi connectivity index (χ3v) is 3.23. The van der Waals surface area contributed by atoms with Crippen molar-refractivity contribution in [3.8, 4) is 5.75 Å². The van der Waals surface area contributed by atoms with E-state index in [0.717, 1.165) is 28.6 Å². The van der Waals surface area contributed by atoms with Gasteiger partial charge in [-0.25, -0.2) is 0 Å². The molecule has 4 nitrogen and oxygen atoms in total. The molecule has 2 heterocycles. The predicted molar refractivity (Wildman–Crippen MR) is 63.2 cm³/mol. The Morgan fingerprint density at radius 2 is 2.35 bits per heavy atom. The second-order valence-corrected chi connectivity index (χ2v) is 4.16. The van der Waals surface area contributed by atoms with Crippen LogP contribution in [0.4, 0.5) is 0 Å². The highest BCUT2D eigenvalue weighted by molar-refractivity contribution is 5.91. The van der Waals surface area contributed by atoms with Gasteiger partial charge in [-0.1, -0.05) is 0 Å². The maximum Gasteiger partial charge on any atom is 0.313 e. The van der Waals surface area contributed by atoms with Gasteiger partial charge in [-0.3, -0.25) is 4.79 Å². The lowest BCUT2D eigenvalue weighted by molar-refractivity contribution is -0.139. The maximum atomic E-state index is 11.6. The second kappa shape index (κ2) is 3.80. The molecule has 2 aromatic rings. The minimum Gasteiger partial charge on any atom is -0.497 e. The van der Waals surface area contributed by atoms with E-state index in [-0.39, 0.29) is 11.9 Å². The third-order valence-electron chi connectivity index (χ3n) is 3.23. The van der Waals surface area contributed by atoms with E-state index in [4.69, 9.17) is 9.47 Å². The smallest absolute Gasteiger partial charge is 0.313 e. The summed E-state index contributed by atoms with van der Waals surface area (Å²) in [6.07, 6.45) is 2.64. The number of cyclic esters (lactones) is 1. The maximum absolute atomic E-state index is 11.6. The number of H-pyrrole nitrogens is 1. The Bertz CT molecular complexity index is 573. The molecule has 0 unspecified atom stereocenters. The van der Waals surface area contributed by atoms with Gasteiger partial charge in [-0.2, -0.15) is 0 Å². The molecule has 0 spiro atoms. The highest BCUT2D eigenvalue weighted by Crippen LogP contribution is 2.33. The first-order chi connectivity index (χ1) is 8.29. The summed E-state index contributed by atoms with van der Waals surface area (Å²) < 4.78 is 10.2. The van der Waals surface area contributed by atoms with Gasteiger partial charge < -0.3 is 14.5 Å². The predicted octanol–water partition coefficient (Wildman–Crippen LogP) is 2.21. The van der Waals surface area contributed by atoms with E-state index in [1.54, 1.807) is 7.11 Å². The SMILES string of the molecule is COc1ccc2[nH]cc([C@H]3CCOC3=O)c2c1. The first-order valence-corrected chi connectivity index (χ1v) is 5.61. The van der Waals surface area contributed by atoms with Gasteiger partial charge in [-0.15, -0.1) is 0 Å². The Morgan fingerprint density at radius 3 is 3.06 bits per heavy atom. The molecule has 0 radical (unpaired) electrons. The number of methoxy groups -OCH3 is 1. The van der Waals surface area contributed by atoms with Crippen molar-refractivity contribution in [1.29, 1.82) is 0 Å². The first kappa shape index (κ1) is 10.2. The van der Waals surface area contributed by atoms with Gasteiger partial charge in [0.15, 0.2) is 0 Å². The fourth-order valence-corrected chi connectivity index (χ4v) is 2.31. The van der Waals surface area contributed by atoms with Gasteiger partial charge >= 0.3 is 5.97 Å². The molecule has 4 heteroatoms. The summed E-state index contributed by atoms with van der Waals surface area (Å²) in [5, 5.41) is 1.04. The van der Waals surface area contributed by atoms with Gasteiger partial charge in [0.25, 0.3) is 0 Å². The summed E-state index contributed by atoms with van der Waals surface area (Å²) in [6, 6.07) is 5.81. The van der Waals surface area contributed by atoms with Crippen molar-refractivity contribution < 1.29 is 14.3 Å². The third kappa shape index (κ3) is 1.56. The number of hydrogen-bond acceptors (Lipinski definition) is 3. The molecule has 0 bridgehead atoms. The molecule has 88 valence electrons. The van der Waals surface area contributed by atoms with Crippen LogP contribution >= 0.6 is 0 Å². The normalized spacial score (nSPS) is 19.6. The first-order valence-electron chi connectivity index (χ1n) is 5.61. The number of ether oxygens (including phenoxy) is 2. The number of carbonyl (C=O) groups is 1. The molecule has 1 fully saturated rings. The minimum absolute atomic E-state index is 0.131. The molecule has 0 amide bonds. The number of rotatable bonds is 2. The van der Waals surface area contributed by atoms with Crippen molar-refractivity contribution in [2.45, 2.75) is 12.3 Å². The molecule has 3 rings (SSSR count). The van der Waals surface area contributed by atoms with E-state index in [9.17, 15) is 4.79 Å². The molecule has 1 aliphatic heterocycles. The van der Waals surface area contributed by atoms with Crippen LogP contribution in [0.1, 0.15) is 17.9 Å². The number of fused-ring (bicyclic) bond motifs is 1. The van der Waals surface area contributed by atoms with Gasteiger partial charge in [0.1, 0.15) is 5.75 Å². The number of hydrogen-bond donors (Lipinski definition) is 1. The monoisotopic (exact) mass is 231 g/mol. The van der Waals surface area contributed by atoms with Crippen LogP contribution < -0.4 is 4.74 Å². The van der Waals surface area contributed by atoms with Crippen LogP contribution in [0.5, 0.6) is 5.75 Å². The van der Waals surface area contributed by atoms with E-state index in [1.807, 2.05) is 24.4 Å². The van der Waals surface area contributed by atoms with Crippen molar-refractivity contribution in [3.63, 3.8) is 0 Å². The zero-order chi connectivity index (χ0) is 11.8. The van der Waals surface area contributed by atoms with Gasteiger partial charge in [0.05, 0.1) is 19.6 Å².